The van der Waals surface area contributed by atoms with Gasteiger partial charge in [0.05, 0.1) is 5.56 Å². The van der Waals surface area contributed by atoms with Gasteiger partial charge < -0.3 is 15.2 Å². The van der Waals surface area contributed by atoms with Crippen molar-refractivity contribution in [2.24, 2.45) is 0 Å². The number of nitrogens with one attached hydrogen (secondary N) is 1. The molecule has 0 aliphatic carbocycles. The SMILES string of the molecule is O=C(O)c1cccc(CCNC(=O)c2csc(C3CCCO3)n2)c1. The van der Waals surface area contributed by atoms with Crippen LogP contribution in [0.5, 0.6) is 0 Å². The van der Waals surface area contributed by atoms with E-state index in [-0.39, 0.29) is 17.6 Å². The number of aromatic nitrogens is 1. The molecule has 6 nitrogen and oxygen atoms in total. The summed E-state index contributed by atoms with van der Waals surface area (Å²) in [6.45, 7) is 1.18. The minimum Gasteiger partial charge on any atom is -0.478 e. The first-order valence-corrected chi connectivity index (χ1v) is 8.69. The Hall–Kier alpha value is -2.25. The Bertz CT molecular complexity index is 738. The van der Waals surface area contributed by atoms with Crippen molar-refractivity contribution in [2.45, 2.75) is 25.4 Å². The number of carbonyl (C=O) groups excluding carboxylic acids is 1. The molecule has 24 heavy (non-hydrogen) atoms. The van der Waals surface area contributed by atoms with Crippen LogP contribution in [0.15, 0.2) is 29.6 Å². The van der Waals surface area contributed by atoms with Crippen LogP contribution in [0.2, 0.25) is 0 Å². The number of hydrogen-bond donors (Lipinski definition) is 2. The van der Waals surface area contributed by atoms with Crippen LogP contribution in [0.3, 0.4) is 0 Å². The minimum absolute atomic E-state index is 0.0234. The van der Waals surface area contributed by atoms with Crippen molar-refractivity contribution in [1.29, 1.82) is 0 Å². The first-order chi connectivity index (χ1) is 11.6. The monoisotopic (exact) mass is 346 g/mol. The van der Waals surface area contributed by atoms with E-state index in [1.165, 1.54) is 11.3 Å². The summed E-state index contributed by atoms with van der Waals surface area (Å²) in [5.41, 5.74) is 1.53. The smallest absolute Gasteiger partial charge is 0.335 e. The Balaban J connectivity index is 1.52. The number of carbonyl (C=O) groups is 2. The molecule has 1 aliphatic rings. The molecule has 1 aromatic heterocycles. The molecule has 3 rings (SSSR count). The number of ether oxygens (including phenoxy) is 1. The van der Waals surface area contributed by atoms with E-state index >= 15 is 0 Å². The van der Waals surface area contributed by atoms with Gasteiger partial charge in [0.15, 0.2) is 0 Å². The summed E-state index contributed by atoms with van der Waals surface area (Å²) in [5.74, 6) is -1.17. The largest absolute Gasteiger partial charge is 0.478 e. The van der Waals surface area contributed by atoms with Gasteiger partial charge in [0.1, 0.15) is 16.8 Å². The fourth-order valence-corrected chi connectivity index (χ4v) is 3.46. The molecule has 2 N–H and O–H groups in total. The molecule has 2 aromatic rings. The van der Waals surface area contributed by atoms with Crippen LogP contribution in [-0.2, 0) is 11.2 Å². The third-order valence-electron chi connectivity index (χ3n) is 3.83. The minimum atomic E-state index is -0.954. The third-order valence-corrected chi connectivity index (χ3v) is 4.77. The number of aromatic carboxylic acids is 1. The van der Waals surface area contributed by atoms with Gasteiger partial charge in [0.25, 0.3) is 5.91 Å². The van der Waals surface area contributed by atoms with E-state index in [2.05, 4.69) is 10.3 Å². The number of thiazole rings is 1. The van der Waals surface area contributed by atoms with E-state index in [0.29, 0.717) is 18.7 Å². The van der Waals surface area contributed by atoms with E-state index < -0.39 is 5.97 Å². The molecule has 1 unspecified atom stereocenters. The Morgan fingerprint density at radius 1 is 1.42 bits per heavy atom. The van der Waals surface area contributed by atoms with Crippen molar-refractivity contribution in [1.82, 2.24) is 10.3 Å². The Kier molecular flexibility index (Phi) is 5.22. The summed E-state index contributed by atoms with van der Waals surface area (Å²) >= 11 is 1.45. The summed E-state index contributed by atoms with van der Waals surface area (Å²) in [6.07, 6.45) is 2.57. The molecule has 7 heteroatoms. The van der Waals surface area contributed by atoms with Gasteiger partial charge in [-0.2, -0.15) is 0 Å². The predicted octanol–water partition coefficient (Wildman–Crippen LogP) is 2.67. The number of carboxylic acid groups (broad SMARTS) is 1. The number of amides is 1. The van der Waals surface area contributed by atoms with E-state index in [1.54, 1.807) is 23.6 Å². The highest BCUT2D eigenvalue weighted by Crippen LogP contribution is 2.30. The van der Waals surface area contributed by atoms with Crippen molar-refractivity contribution in [2.75, 3.05) is 13.2 Å². The average Bonchev–Trinajstić information content (AvgIpc) is 3.26. The third kappa shape index (κ3) is 3.98. The maximum atomic E-state index is 12.1. The van der Waals surface area contributed by atoms with Gasteiger partial charge in [0, 0.05) is 18.5 Å². The lowest BCUT2D eigenvalue weighted by atomic mass is 10.1. The number of rotatable bonds is 6. The first-order valence-electron chi connectivity index (χ1n) is 7.81. The van der Waals surface area contributed by atoms with Crippen molar-refractivity contribution in [3.8, 4) is 0 Å². The molecule has 1 atom stereocenters. The van der Waals surface area contributed by atoms with Crippen LogP contribution in [0, 0.1) is 0 Å². The zero-order chi connectivity index (χ0) is 16.9. The number of nitrogens with zero attached hydrogens (tertiary/aromatic N) is 1. The van der Waals surface area contributed by atoms with Gasteiger partial charge in [-0.3, -0.25) is 4.79 Å². The van der Waals surface area contributed by atoms with Crippen molar-refractivity contribution in [3.63, 3.8) is 0 Å². The predicted molar refractivity (Wildman–Crippen MR) is 89.5 cm³/mol. The lowest BCUT2D eigenvalue weighted by Crippen LogP contribution is -2.26. The van der Waals surface area contributed by atoms with Crippen LogP contribution in [0.1, 0.15) is 50.4 Å². The summed E-state index contributed by atoms with van der Waals surface area (Å²) in [5, 5.41) is 14.4. The summed E-state index contributed by atoms with van der Waals surface area (Å²) < 4.78 is 5.57. The number of hydrogen-bond acceptors (Lipinski definition) is 5. The van der Waals surface area contributed by atoms with Crippen LogP contribution >= 0.6 is 11.3 Å². The second-order valence-electron chi connectivity index (χ2n) is 5.58. The van der Waals surface area contributed by atoms with E-state index in [4.69, 9.17) is 9.84 Å². The van der Waals surface area contributed by atoms with Gasteiger partial charge in [-0.25, -0.2) is 9.78 Å². The standard InChI is InChI=1S/C17H18N2O4S/c20-15(13-10-24-16(19-13)14-5-2-8-23-14)18-7-6-11-3-1-4-12(9-11)17(21)22/h1,3-4,9-10,14H,2,5-8H2,(H,18,20)(H,21,22). The zero-order valence-electron chi connectivity index (χ0n) is 13.0. The average molecular weight is 346 g/mol. The van der Waals surface area contributed by atoms with Gasteiger partial charge in [-0.1, -0.05) is 12.1 Å². The molecule has 1 saturated heterocycles. The first kappa shape index (κ1) is 16.6. The normalized spacial score (nSPS) is 16.9. The maximum Gasteiger partial charge on any atom is 0.335 e. The Morgan fingerprint density at radius 2 is 2.29 bits per heavy atom. The van der Waals surface area contributed by atoms with Gasteiger partial charge in [0.2, 0.25) is 0 Å². The molecule has 1 fully saturated rings. The molecule has 0 spiro atoms. The highest BCUT2D eigenvalue weighted by Gasteiger charge is 2.22. The second-order valence-corrected chi connectivity index (χ2v) is 6.47. The molecular formula is C17H18N2O4S. The van der Waals surface area contributed by atoms with Crippen molar-refractivity contribution in [3.05, 3.63) is 51.5 Å². The molecule has 1 aliphatic heterocycles. The summed E-state index contributed by atoms with van der Waals surface area (Å²) in [4.78, 5) is 27.4. The van der Waals surface area contributed by atoms with E-state index in [0.717, 1.165) is 30.0 Å². The lowest BCUT2D eigenvalue weighted by Gasteiger charge is -2.05. The van der Waals surface area contributed by atoms with Crippen LogP contribution in [-0.4, -0.2) is 35.1 Å². The Labute approximate surface area is 143 Å². The maximum absolute atomic E-state index is 12.1. The topological polar surface area (TPSA) is 88.5 Å². The second kappa shape index (κ2) is 7.55. The molecule has 1 aromatic carbocycles. The van der Waals surface area contributed by atoms with Crippen LogP contribution in [0.4, 0.5) is 0 Å². The molecule has 0 saturated carbocycles. The van der Waals surface area contributed by atoms with Gasteiger partial charge >= 0.3 is 5.97 Å². The fraction of sp³-hybridized carbons (Fsp3) is 0.353. The number of carboxylic acids is 1. The van der Waals surface area contributed by atoms with E-state index in [9.17, 15) is 9.59 Å². The molecular weight excluding hydrogens is 328 g/mol. The molecule has 1 amide bonds. The molecule has 0 bridgehead atoms. The fourth-order valence-electron chi connectivity index (χ4n) is 2.58. The summed E-state index contributed by atoms with van der Waals surface area (Å²) in [6, 6.07) is 6.71. The molecule has 2 heterocycles. The quantitative estimate of drug-likeness (QED) is 0.839. The zero-order valence-corrected chi connectivity index (χ0v) is 13.8. The van der Waals surface area contributed by atoms with Crippen molar-refractivity contribution >= 4 is 23.2 Å². The highest BCUT2D eigenvalue weighted by molar-refractivity contribution is 7.09. The van der Waals surface area contributed by atoms with E-state index in [1.807, 2.05) is 6.07 Å². The van der Waals surface area contributed by atoms with Crippen molar-refractivity contribution < 1.29 is 19.4 Å². The molecule has 126 valence electrons. The highest BCUT2D eigenvalue weighted by atomic mass is 32.1. The lowest BCUT2D eigenvalue weighted by molar-refractivity contribution is 0.0696. The van der Waals surface area contributed by atoms with Crippen LogP contribution < -0.4 is 5.32 Å². The van der Waals surface area contributed by atoms with Crippen LogP contribution in [0.25, 0.3) is 0 Å². The van der Waals surface area contributed by atoms with Gasteiger partial charge in [-0.05, 0) is 37.0 Å². The summed E-state index contributed by atoms with van der Waals surface area (Å²) in [7, 11) is 0. The number of benzene rings is 1. The van der Waals surface area contributed by atoms with Gasteiger partial charge in [-0.15, -0.1) is 11.3 Å². The Morgan fingerprint density at radius 3 is 3.04 bits per heavy atom. The molecule has 0 radical (unpaired) electrons.